The Balaban J connectivity index is 1.40. The molecule has 148 valence electrons. The lowest BCUT2D eigenvalue weighted by Gasteiger charge is -2.23. The number of carbonyl (C=O) groups is 1. The minimum absolute atomic E-state index is 0.129. The van der Waals surface area contributed by atoms with Crippen molar-refractivity contribution in [2.24, 2.45) is 0 Å². The summed E-state index contributed by atoms with van der Waals surface area (Å²) >= 11 is 0. The van der Waals surface area contributed by atoms with Gasteiger partial charge in [-0.25, -0.2) is 0 Å². The number of nitrogens with one attached hydrogen (secondary N) is 1. The smallest absolute Gasteiger partial charge is 0.230 e. The van der Waals surface area contributed by atoms with Gasteiger partial charge in [-0.1, -0.05) is 45.0 Å². The van der Waals surface area contributed by atoms with Gasteiger partial charge in [0.1, 0.15) is 0 Å². The van der Waals surface area contributed by atoms with Gasteiger partial charge in [0.2, 0.25) is 5.91 Å². The Bertz CT molecular complexity index is 848. The molecule has 1 aliphatic carbocycles. The summed E-state index contributed by atoms with van der Waals surface area (Å²) in [6.07, 6.45) is 2.82. The highest BCUT2D eigenvalue weighted by atomic mass is 16.2. The fourth-order valence-electron chi connectivity index (χ4n) is 4.03. The van der Waals surface area contributed by atoms with Gasteiger partial charge in [-0.15, -0.1) is 5.10 Å². The van der Waals surface area contributed by atoms with Gasteiger partial charge in [0.15, 0.2) is 5.82 Å². The van der Waals surface area contributed by atoms with Crippen molar-refractivity contribution in [2.75, 3.05) is 18.0 Å². The topological polar surface area (TPSA) is 58.1 Å². The number of amides is 1. The zero-order chi connectivity index (χ0) is 19.9. The Hall–Kier alpha value is -2.43. The standard InChI is InChI=1S/C23H30N4O/c1-16-5-10-20(26-25-16)27-14-11-19(15-27)24-21(28)23(12-13-23)18-8-6-17(7-9-18)22(2,3)4/h5-10,19H,11-15H2,1-4H3,(H,24,28)/t19-/m0/s1. The Morgan fingerprint density at radius 3 is 2.39 bits per heavy atom. The van der Waals surface area contributed by atoms with E-state index in [1.54, 1.807) is 0 Å². The van der Waals surface area contributed by atoms with Crippen molar-refractivity contribution in [3.8, 4) is 0 Å². The molecular weight excluding hydrogens is 348 g/mol. The third-order valence-corrected chi connectivity index (χ3v) is 6.12. The zero-order valence-corrected chi connectivity index (χ0v) is 17.3. The number of nitrogens with zero attached hydrogens (tertiary/aromatic N) is 3. The van der Waals surface area contributed by atoms with Gasteiger partial charge < -0.3 is 10.2 Å². The molecule has 0 spiro atoms. The van der Waals surface area contributed by atoms with Crippen LogP contribution in [-0.4, -0.2) is 35.2 Å². The summed E-state index contributed by atoms with van der Waals surface area (Å²) in [5.41, 5.74) is 3.17. The Labute approximate surface area is 167 Å². The van der Waals surface area contributed by atoms with E-state index in [1.165, 1.54) is 5.56 Å². The van der Waals surface area contributed by atoms with E-state index in [9.17, 15) is 4.79 Å². The van der Waals surface area contributed by atoms with Crippen molar-refractivity contribution in [3.05, 3.63) is 53.2 Å². The largest absolute Gasteiger partial charge is 0.353 e. The SMILES string of the molecule is Cc1ccc(N2CC[C@H](NC(=O)C3(c4ccc(C(C)(C)C)cc4)CC3)C2)nn1. The van der Waals surface area contributed by atoms with Gasteiger partial charge in [0.05, 0.1) is 11.1 Å². The molecule has 1 aromatic carbocycles. The molecule has 4 rings (SSSR count). The van der Waals surface area contributed by atoms with Gasteiger partial charge in [-0.2, -0.15) is 5.10 Å². The Morgan fingerprint density at radius 2 is 1.82 bits per heavy atom. The maximum absolute atomic E-state index is 13.1. The number of hydrogen-bond donors (Lipinski definition) is 1. The van der Waals surface area contributed by atoms with Crippen LogP contribution in [0.4, 0.5) is 5.82 Å². The lowest BCUT2D eigenvalue weighted by atomic mass is 9.85. The van der Waals surface area contributed by atoms with E-state index in [2.05, 4.69) is 65.5 Å². The maximum Gasteiger partial charge on any atom is 0.230 e. The monoisotopic (exact) mass is 378 g/mol. The van der Waals surface area contributed by atoms with E-state index in [1.807, 2.05) is 19.1 Å². The molecule has 2 heterocycles. The quantitative estimate of drug-likeness (QED) is 0.885. The van der Waals surface area contributed by atoms with Gasteiger partial charge in [-0.05, 0) is 54.9 Å². The highest BCUT2D eigenvalue weighted by Crippen LogP contribution is 2.48. The number of aromatic nitrogens is 2. The van der Waals surface area contributed by atoms with E-state index < -0.39 is 0 Å². The number of aryl methyl sites for hydroxylation is 1. The average molecular weight is 379 g/mol. The first kappa shape index (κ1) is 18.9. The molecule has 2 aliphatic rings. The van der Waals surface area contributed by atoms with E-state index in [4.69, 9.17) is 0 Å². The number of carbonyl (C=O) groups excluding carboxylic acids is 1. The van der Waals surface area contributed by atoms with Crippen molar-refractivity contribution in [1.82, 2.24) is 15.5 Å². The van der Waals surface area contributed by atoms with Gasteiger partial charge >= 0.3 is 0 Å². The van der Waals surface area contributed by atoms with Crippen LogP contribution in [0.5, 0.6) is 0 Å². The number of benzene rings is 1. The van der Waals surface area contributed by atoms with Crippen LogP contribution in [0.2, 0.25) is 0 Å². The second-order valence-electron chi connectivity index (χ2n) is 9.35. The summed E-state index contributed by atoms with van der Waals surface area (Å²) in [6.45, 7) is 10.3. The molecule has 0 bridgehead atoms. The summed E-state index contributed by atoms with van der Waals surface area (Å²) in [6, 6.07) is 12.8. The van der Waals surface area contributed by atoms with Crippen LogP contribution >= 0.6 is 0 Å². The molecule has 1 N–H and O–H groups in total. The summed E-state index contributed by atoms with van der Waals surface area (Å²) in [4.78, 5) is 15.3. The lowest BCUT2D eigenvalue weighted by molar-refractivity contribution is -0.124. The minimum Gasteiger partial charge on any atom is -0.353 e. The summed E-state index contributed by atoms with van der Waals surface area (Å²) in [5.74, 6) is 1.07. The molecule has 5 nitrogen and oxygen atoms in total. The van der Waals surface area contributed by atoms with Crippen LogP contribution < -0.4 is 10.2 Å². The molecule has 0 radical (unpaired) electrons. The first-order valence-electron chi connectivity index (χ1n) is 10.3. The third-order valence-electron chi connectivity index (χ3n) is 6.12. The number of rotatable bonds is 4. The van der Waals surface area contributed by atoms with E-state index in [-0.39, 0.29) is 22.8 Å². The average Bonchev–Trinajstić information content (AvgIpc) is 3.36. The number of anilines is 1. The molecule has 0 unspecified atom stereocenters. The Morgan fingerprint density at radius 1 is 1.11 bits per heavy atom. The summed E-state index contributed by atoms with van der Waals surface area (Å²) in [7, 11) is 0. The second kappa shape index (κ2) is 6.87. The van der Waals surface area contributed by atoms with Crippen LogP contribution in [0.3, 0.4) is 0 Å². The number of hydrogen-bond acceptors (Lipinski definition) is 4. The third kappa shape index (κ3) is 3.62. The first-order valence-corrected chi connectivity index (χ1v) is 10.3. The molecule has 2 fully saturated rings. The van der Waals surface area contributed by atoms with Gasteiger partial charge in [0.25, 0.3) is 0 Å². The van der Waals surface area contributed by atoms with Crippen LogP contribution in [0, 0.1) is 6.92 Å². The van der Waals surface area contributed by atoms with Crippen molar-refractivity contribution >= 4 is 11.7 Å². The predicted molar refractivity (Wildman–Crippen MR) is 112 cm³/mol. The predicted octanol–water partition coefficient (Wildman–Crippen LogP) is 3.51. The molecule has 1 saturated carbocycles. The summed E-state index contributed by atoms with van der Waals surface area (Å²) in [5, 5.41) is 11.7. The fraction of sp³-hybridized carbons (Fsp3) is 0.522. The minimum atomic E-state index is -0.326. The maximum atomic E-state index is 13.1. The first-order chi connectivity index (χ1) is 13.3. The van der Waals surface area contributed by atoms with E-state index >= 15 is 0 Å². The molecule has 1 saturated heterocycles. The molecule has 2 aromatic rings. The highest BCUT2D eigenvalue weighted by molar-refractivity contribution is 5.91. The van der Waals surface area contributed by atoms with Crippen LogP contribution in [0.15, 0.2) is 36.4 Å². The molecule has 1 amide bonds. The molecule has 1 atom stereocenters. The van der Waals surface area contributed by atoms with Crippen molar-refractivity contribution in [1.29, 1.82) is 0 Å². The molecule has 28 heavy (non-hydrogen) atoms. The fourth-order valence-corrected chi connectivity index (χ4v) is 4.03. The van der Waals surface area contributed by atoms with Gasteiger partial charge in [-0.3, -0.25) is 4.79 Å². The molecule has 1 aliphatic heterocycles. The van der Waals surface area contributed by atoms with E-state index in [0.717, 1.165) is 49.4 Å². The molecule has 5 heteroatoms. The second-order valence-corrected chi connectivity index (χ2v) is 9.35. The lowest BCUT2D eigenvalue weighted by Crippen LogP contribution is -2.43. The Kier molecular flexibility index (Phi) is 4.64. The van der Waals surface area contributed by atoms with Crippen LogP contribution in [0.1, 0.15) is 56.9 Å². The van der Waals surface area contributed by atoms with Crippen molar-refractivity contribution in [3.63, 3.8) is 0 Å². The molecule has 1 aromatic heterocycles. The van der Waals surface area contributed by atoms with Crippen molar-refractivity contribution in [2.45, 2.75) is 63.8 Å². The normalized spacial score (nSPS) is 20.9. The van der Waals surface area contributed by atoms with Crippen LogP contribution in [-0.2, 0) is 15.6 Å². The summed E-state index contributed by atoms with van der Waals surface area (Å²) < 4.78 is 0. The van der Waals surface area contributed by atoms with Gasteiger partial charge in [0, 0.05) is 19.1 Å². The van der Waals surface area contributed by atoms with E-state index in [0.29, 0.717) is 0 Å². The zero-order valence-electron chi connectivity index (χ0n) is 17.3. The van der Waals surface area contributed by atoms with Crippen molar-refractivity contribution < 1.29 is 4.79 Å². The highest BCUT2D eigenvalue weighted by Gasteiger charge is 2.51. The van der Waals surface area contributed by atoms with Crippen LogP contribution in [0.25, 0.3) is 0 Å². The molecular formula is C23H30N4O.